The summed E-state index contributed by atoms with van der Waals surface area (Å²) in [5.41, 5.74) is 1.56. The van der Waals surface area contributed by atoms with Gasteiger partial charge in [0.15, 0.2) is 5.78 Å². The van der Waals surface area contributed by atoms with Crippen LogP contribution in [0.4, 0.5) is 0 Å². The zero-order valence-corrected chi connectivity index (χ0v) is 14.7. The summed E-state index contributed by atoms with van der Waals surface area (Å²) >= 11 is 1.24. The van der Waals surface area contributed by atoms with Gasteiger partial charge in [-0.2, -0.15) is 5.26 Å². The first-order valence-electron chi connectivity index (χ1n) is 7.17. The van der Waals surface area contributed by atoms with Gasteiger partial charge < -0.3 is 9.55 Å². The largest absolute Gasteiger partial charge is 0.339 e. The van der Waals surface area contributed by atoms with Crippen molar-refractivity contribution in [2.24, 2.45) is 12.5 Å². The van der Waals surface area contributed by atoms with Crippen LogP contribution in [0.5, 0.6) is 0 Å². The van der Waals surface area contributed by atoms with E-state index in [4.69, 9.17) is 5.26 Å². The van der Waals surface area contributed by atoms with Gasteiger partial charge in [-0.05, 0) is 24.6 Å². The van der Waals surface area contributed by atoms with E-state index in [1.54, 1.807) is 16.7 Å². The minimum Gasteiger partial charge on any atom is -0.339 e. The number of hydrogen-bond donors (Lipinski definition) is 1. The van der Waals surface area contributed by atoms with Crippen molar-refractivity contribution in [1.29, 1.82) is 5.26 Å². The Morgan fingerprint density at radius 2 is 2.09 bits per heavy atom. The normalized spacial score (nSPS) is 13.4. The number of nitrogens with zero attached hydrogens (tertiary/aromatic N) is 2. The topological polar surface area (TPSA) is 78.7 Å². The molecule has 2 rings (SSSR count). The van der Waals surface area contributed by atoms with Crippen LogP contribution in [0.2, 0.25) is 0 Å². The molecular weight excluding hydrogens is 310 g/mol. The lowest BCUT2D eigenvalue weighted by Gasteiger charge is -2.12. The molecule has 0 bridgehead atoms. The molecule has 1 N–H and O–H groups in total. The molecule has 0 aliphatic heterocycles. The lowest BCUT2D eigenvalue weighted by molar-refractivity contribution is -0.119. The summed E-state index contributed by atoms with van der Waals surface area (Å²) in [6.45, 7) is 7.40. The number of ketones is 1. The van der Waals surface area contributed by atoms with Gasteiger partial charge in [-0.1, -0.05) is 20.8 Å². The average Bonchev–Trinajstić information content (AvgIpc) is 2.92. The number of hydrogen-bond acceptors (Lipinski definition) is 4. The van der Waals surface area contributed by atoms with E-state index in [1.165, 1.54) is 17.4 Å². The highest BCUT2D eigenvalue weighted by Crippen LogP contribution is 2.15. The van der Waals surface area contributed by atoms with E-state index < -0.39 is 5.41 Å². The maximum atomic E-state index is 12.1. The van der Waals surface area contributed by atoms with Gasteiger partial charge in [0.05, 0.1) is 9.20 Å². The molecule has 0 spiro atoms. The molecule has 0 saturated heterocycles. The number of carbonyl (C=O) groups excluding carboxylic acids is 1. The first-order chi connectivity index (χ1) is 10.6. The highest BCUT2D eigenvalue weighted by molar-refractivity contribution is 7.07. The third-order valence-corrected chi connectivity index (χ3v) is 4.62. The molecule has 0 aliphatic carbocycles. The highest BCUT2D eigenvalue weighted by atomic mass is 32.1. The summed E-state index contributed by atoms with van der Waals surface area (Å²) in [6, 6.07) is 3.86. The standard InChI is InChI=1S/C17H19N3O2S/c1-10-11(6-12(9-18)20(10)5)7-13-16(22)19-15(23-13)8-14(21)17(2,3)4/h6-8H,1-5H3,(H,19,22)/b13-7+,15-8-. The van der Waals surface area contributed by atoms with Crippen molar-refractivity contribution in [3.63, 3.8) is 0 Å². The van der Waals surface area contributed by atoms with Crippen LogP contribution in [0, 0.1) is 23.7 Å². The Labute approximate surface area is 138 Å². The Balaban J connectivity index is 2.56. The van der Waals surface area contributed by atoms with Gasteiger partial charge in [0.1, 0.15) is 11.8 Å². The molecule has 120 valence electrons. The molecule has 23 heavy (non-hydrogen) atoms. The molecule has 0 aliphatic rings. The van der Waals surface area contributed by atoms with Gasteiger partial charge in [-0.15, -0.1) is 11.3 Å². The number of aromatic nitrogens is 2. The fourth-order valence-electron chi connectivity index (χ4n) is 1.98. The third kappa shape index (κ3) is 3.51. The predicted molar refractivity (Wildman–Crippen MR) is 91.5 cm³/mol. The summed E-state index contributed by atoms with van der Waals surface area (Å²) in [7, 11) is 1.81. The summed E-state index contributed by atoms with van der Waals surface area (Å²) in [4.78, 5) is 26.8. The SMILES string of the molecule is Cc1c(/C=c2/s/c(=C\C(=O)C(C)(C)C)[nH]c2=O)cc(C#N)n1C. The van der Waals surface area contributed by atoms with E-state index in [0.717, 1.165) is 11.3 Å². The Kier molecular flexibility index (Phi) is 4.44. The molecule has 0 unspecified atom stereocenters. The monoisotopic (exact) mass is 329 g/mol. The summed E-state index contributed by atoms with van der Waals surface area (Å²) in [5.74, 6) is -0.0378. The lowest BCUT2D eigenvalue weighted by Crippen LogP contribution is -2.22. The highest BCUT2D eigenvalue weighted by Gasteiger charge is 2.18. The van der Waals surface area contributed by atoms with Gasteiger partial charge in [0.25, 0.3) is 5.56 Å². The number of nitrogens with one attached hydrogen (secondary N) is 1. The average molecular weight is 329 g/mol. The fourth-order valence-corrected chi connectivity index (χ4v) is 2.85. The van der Waals surface area contributed by atoms with Crippen LogP contribution in [0.3, 0.4) is 0 Å². The van der Waals surface area contributed by atoms with E-state index in [1.807, 2.05) is 34.7 Å². The van der Waals surface area contributed by atoms with Crippen molar-refractivity contribution < 1.29 is 4.79 Å². The van der Waals surface area contributed by atoms with Crippen LogP contribution in [0.15, 0.2) is 10.9 Å². The summed E-state index contributed by atoms with van der Waals surface area (Å²) in [5, 5.41) is 9.06. The van der Waals surface area contributed by atoms with E-state index in [0.29, 0.717) is 14.9 Å². The Morgan fingerprint density at radius 3 is 2.61 bits per heavy atom. The number of H-pyrrole nitrogens is 1. The van der Waals surface area contributed by atoms with Crippen LogP contribution in [0.25, 0.3) is 12.2 Å². The van der Waals surface area contributed by atoms with Crippen molar-refractivity contribution in [1.82, 2.24) is 9.55 Å². The molecule has 2 aromatic heterocycles. The number of Topliss-reactive ketones (excluding diaryl/α,β-unsaturated/α-hetero) is 1. The lowest BCUT2D eigenvalue weighted by atomic mass is 9.91. The molecule has 0 fully saturated rings. The fraction of sp³-hybridized carbons (Fsp3) is 0.353. The molecule has 0 radical (unpaired) electrons. The molecule has 2 aromatic rings. The van der Waals surface area contributed by atoms with Crippen molar-refractivity contribution in [2.45, 2.75) is 27.7 Å². The van der Waals surface area contributed by atoms with E-state index in [2.05, 4.69) is 11.1 Å². The maximum absolute atomic E-state index is 12.1. The van der Waals surface area contributed by atoms with Gasteiger partial charge >= 0.3 is 0 Å². The molecule has 0 aromatic carbocycles. The quantitative estimate of drug-likeness (QED) is 0.898. The minimum atomic E-state index is -0.484. The van der Waals surface area contributed by atoms with Gasteiger partial charge in [0.2, 0.25) is 0 Å². The van der Waals surface area contributed by atoms with E-state index >= 15 is 0 Å². The van der Waals surface area contributed by atoms with Crippen LogP contribution in [-0.2, 0) is 11.8 Å². The van der Waals surface area contributed by atoms with Crippen LogP contribution in [-0.4, -0.2) is 15.3 Å². The minimum absolute atomic E-state index is 0.0378. The van der Waals surface area contributed by atoms with Gasteiger partial charge in [-0.25, -0.2) is 0 Å². The number of aromatic amines is 1. The van der Waals surface area contributed by atoms with Crippen LogP contribution < -0.4 is 14.8 Å². The van der Waals surface area contributed by atoms with Gasteiger partial charge in [-0.3, -0.25) is 9.59 Å². The summed E-state index contributed by atoms with van der Waals surface area (Å²) < 4.78 is 2.83. The van der Waals surface area contributed by atoms with Crippen molar-refractivity contribution in [3.05, 3.63) is 42.6 Å². The van der Waals surface area contributed by atoms with Crippen molar-refractivity contribution >= 4 is 29.3 Å². The first kappa shape index (κ1) is 17.0. The van der Waals surface area contributed by atoms with Crippen molar-refractivity contribution in [2.75, 3.05) is 0 Å². The summed E-state index contributed by atoms with van der Waals surface area (Å²) in [6.07, 6.45) is 3.22. The molecule has 5 nitrogen and oxygen atoms in total. The zero-order valence-electron chi connectivity index (χ0n) is 13.9. The zero-order chi connectivity index (χ0) is 17.4. The Morgan fingerprint density at radius 1 is 1.43 bits per heavy atom. The Hall–Kier alpha value is -2.39. The van der Waals surface area contributed by atoms with Gasteiger partial charge in [0, 0.05) is 24.2 Å². The number of rotatable bonds is 2. The predicted octanol–water partition coefficient (Wildman–Crippen LogP) is 1.18. The van der Waals surface area contributed by atoms with Crippen LogP contribution in [0.1, 0.15) is 37.7 Å². The molecule has 0 amide bonds. The number of thiazole rings is 1. The first-order valence-corrected chi connectivity index (χ1v) is 7.98. The second-order valence-electron chi connectivity index (χ2n) is 6.43. The third-order valence-electron chi connectivity index (χ3n) is 3.66. The number of nitriles is 1. The second-order valence-corrected chi connectivity index (χ2v) is 7.51. The second kappa shape index (κ2) is 6.01. The molecule has 2 heterocycles. The molecule has 0 saturated carbocycles. The molecule has 0 atom stereocenters. The van der Waals surface area contributed by atoms with Crippen LogP contribution >= 0.6 is 11.3 Å². The molecule has 6 heteroatoms. The van der Waals surface area contributed by atoms with E-state index in [9.17, 15) is 9.59 Å². The molecular formula is C17H19N3O2S. The van der Waals surface area contributed by atoms with E-state index in [-0.39, 0.29) is 11.3 Å². The number of carbonyl (C=O) groups is 1. The maximum Gasteiger partial charge on any atom is 0.266 e. The Bertz CT molecular complexity index is 975. The van der Waals surface area contributed by atoms with Crippen molar-refractivity contribution in [3.8, 4) is 6.07 Å². The smallest absolute Gasteiger partial charge is 0.266 e.